The van der Waals surface area contributed by atoms with E-state index in [1.807, 2.05) is 78.6 Å². The number of carbonyl (C=O) groups is 1. The molecule has 0 spiro atoms. The highest BCUT2D eigenvalue weighted by Crippen LogP contribution is 2.24. The Hall–Kier alpha value is -4.13. The molecule has 5 rings (SSSR count). The van der Waals surface area contributed by atoms with Crippen molar-refractivity contribution in [1.29, 1.82) is 0 Å². The van der Waals surface area contributed by atoms with E-state index in [2.05, 4.69) is 20.9 Å². The Morgan fingerprint density at radius 3 is 2.34 bits per heavy atom. The summed E-state index contributed by atoms with van der Waals surface area (Å²) in [6.45, 7) is 5.32. The smallest absolute Gasteiger partial charge is 0.260 e. The van der Waals surface area contributed by atoms with Crippen LogP contribution in [0, 0.1) is 0 Å². The number of piperazine rings is 1. The highest BCUT2D eigenvalue weighted by atomic mass is 16.5. The van der Waals surface area contributed by atoms with Crippen LogP contribution in [0.1, 0.15) is 6.92 Å². The molecule has 4 aromatic rings. The fraction of sp³-hybridized carbons (Fsp3) is 0.250. The molecule has 1 aliphatic heterocycles. The van der Waals surface area contributed by atoms with Crippen LogP contribution in [0.25, 0.3) is 22.0 Å². The van der Waals surface area contributed by atoms with Gasteiger partial charge in [0.2, 0.25) is 0 Å². The quantitative estimate of drug-likeness (QED) is 0.400. The Labute approximate surface area is 204 Å². The highest BCUT2D eigenvalue weighted by Gasteiger charge is 2.22. The number of hydrogen-bond donors (Lipinski definition) is 0. The molecule has 0 saturated carbocycles. The zero-order valence-electron chi connectivity index (χ0n) is 19.8. The average Bonchev–Trinajstić information content (AvgIpc) is 2.92. The van der Waals surface area contributed by atoms with Gasteiger partial charge in [-0.1, -0.05) is 30.3 Å². The van der Waals surface area contributed by atoms with Gasteiger partial charge < -0.3 is 19.3 Å². The first-order valence-corrected chi connectivity index (χ1v) is 11.9. The van der Waals surface area contributed by atoms with Gasteiger partial charge in [-0.2, -0.15) is 0 Å². The summed E-state index contributed by atoms with van der Waals surface area (Å²) in [5.41, 5.74) is 1.87. The standard InChI is InChI=1S/C28H28N4O3/c1-2-34-24-10-8-22(9-11-24)26-18-27(30-20-29-26)31-13-15-32(16-14-31)28(33)19-35-25-12-7-21-5-3-4-6-23(21)17-25/h3-12,17-18,20H,2,13-16,19H2,1H3. The van der Waals surface area contributed by atoms with Gasteiger partial charge in [-0.3, -0.25) is 4.79 Å². The van der Waals surface area contributed by atoms with Gasteiger partial charge in [-0.05, 0) is 54.1 Å². The lowest BCUT2D eigenvalue weighted by atomic mass is 10.1. The first-order valence-electron chi connectivity index (χ1n) is 11.9. The minimum absolute atomic E-state index is 0.00410. The predicted octanol–water partition coefficient (Wildman–Crippen LogP) is 4.42. The van der Waals surface area contributed by atoms with Crippen molar-refractivity contribution in [2.45, 2.75) is 6.92 Å². The third-order valence-electron chi connectivity index (χ3n) is 6.15. The fourth-order valence-corrected chi connectivity index (χ4v) is 4.24. The minimum atomic E-state index is -0.00410. The van der Waals surface area contributed by atoms with Gasteiger partial charge in [-0.15, -0.1) is 0 Å². The molecule has 35 heavy (non-hydrogen) atoms. The number of ether oxygens (including phenoxy) is 2. The van der Waals surface area contributed by atoms with E-state index in [0.29, 0.717) is 38.5 Å². The van der Waals surface area contributed by atoms with Crippen LogP contribution in [-0.2, 0) is 4.79 Å². The SMILES string of the molecule is CCOc1ccc(-c2cc(N3CCN(C(=O)COc4ccc5ccccc5c4)CC3)ncn2)cc1. The molecule has 0 bridgehead atoms. The van der Waals surface area contributed by atoms with E-state index in [9.17, 15) is 4.79 Å². The number of amides is 1. The highest BCUT2D eigenvalue weighted by molar-refractivity contribution is 5.84. The summed E-state index contributed by atoms with van der Waals surface area (Å²) in [4.78, 5) is 25.7. The van der Waals surface area contributed by atoms with Gasteiger partial charge in [0.25, 0.3) is 5.91 Å². The molecule has 0 radical (unpaired) electrons. The van der Waals surface area contributed by atoms with Crippen LogP contribution in [0.3, 0.4) is 0 Å². The van der Waals surface area contributed by atoms with E-state index < -0.39 is 0 Å². The molecule has 1 aromatic heterocycles. The third kappa shape index (κ3) is 5.35. The second-order valence-electron chi connectivity index (χ2n) is 8.38. The van der Waals surface area contributed by atoms with Crippen LogP contribution >= 0.6 is 0 Å². The molecule has 3 aromatic carbocycles. The second-order valence-corrected chi connectivity index (χ2v) is 8.38. The first kappa shape index (κ1) is 22.7. The van der Waals surface area contributed by atoms with Crippen LogP contribution in [-0.4, -0.2) is 60.2 Å². The lowest BCUT2D eigenvalue weighted by molar-refractivity contribution is -0.133. The molecule has 7 heteroatoms. The molecule has 0 N–H and O–H groups in total. The molecule has 1 fully saturated rings. The van der Waals surface area contributed by atoms with Gasteiger partial charge >= 0.3 is 0 Å². The molecule has 1 amide bonds. The lowest BCUT2D eigenvalue weighted by Gasteiger charge is -2.35. The van der Waals surface area contributed by atoms with Crippen LogP contribution in [0.4, 0.5) is 5.82 Å². The largest absolute Gasteiger partial charge is 0.494 e. The molecule has 0 unspecified atom stereocenters. The summed E-state index contributed by atoms with van der Waals surface area (Å²) in [6, 6.07) is 23.9. The fourth-order valence-electron chi connectivity index (χ4n) is 4.24. The molecule has 7 nitrogen and oxygen atoms in total. The Balaban J connectivity index is 1.16. The molecule has 0 aliphatic carbocycles. The molecular formula is C28H28N4O3. The predicted molar refractivity (Wildman–Crippen MR) is 137 cm³/mol. The average molecular weight is 469 g/mol. The van der Waals surface area contributed by atoms with Gasteiger partial charge in [-0.25, -0.2) is 9.97 Å². The van der Waals surface area contributed by atoms with Gasteiger partial charge in [0.15, 0.2) is 6.61 Å². The van der Waals surface area contributed by atoms with Crippen molar-refractivity contribution in [3.63, 3.8) is 0 Å². The molecule has 2 heterocycles. The van der Waals surface area contributed by atoms with Crippen LogP contribution in [0.5, 0.6) is 11.5 Å². The van der Waals surface area contributed by atoms with Gasteiger partial charge in [0.05, 0.1) is 12.3 Å². The maximum atomic E-state index is 12.7. The topological polar surface area (TPSA) is 67.8 Å². The van der Waals surface area contributed by atoms with Crippen molar-refractivity contribution in [2.75, 3.05) is 44.3 Å². The zero-order valence-corrected chi connectivity index (χ0v) is 19.8. The number of carbonyl (C=O) groups excluding carboxylic acids is 1. The summed E-state index contributed by atoms with van der Waals surface area (Å²) in [5, 5.41) is 2.25. The van der Waals surface area contributed by atoms with E-state index in [0.717, 1.165) is 33.6 Å². The number of anilines is 1. The number of benzene rings is 3. The molecule has 1 saturated heterocycles. The summed E-state index contributed by atoms with van der Waals surface area (Å²) < 4.78 is 11.3. The summed E-state index contributed by atoms with van der Waals surface area (Å²) in [6.07, 6.45) is 1.59. The maximum Gasteiger partial charge on any atom is 0.260 e. The van der Waals surface area contributed by atoms with Crippen molar-refractivity contribution < 1.29 is 14.3 Å². The van der Waals surface area contributed by atoms with E-state index in [4.69, 9.17) is 9.47 Å². The van der Waals surface area contributed by atoms with Crippen molar-refractivity contribution in [2.24, 2.45) is 0 Å². The molecular weight excluding hydrogens is 440 g/mol. The Morgan fingerprint density at radius 2 is 1.57 bits per heavy atom. The Kier molecular flexibility index (Phi) is 6.75. The summed E-state index contributed by atoms with van der Waals surface area (Å²) in [5.74, 6) is 2.41. The Morgan fingerprint density at radius 1 is 0.829 bits per heavy atom. The number of fused-ring (bicyclic) bond motifs is 1. The second kappa shape index (κ2) is 10.4. The Bertz CT molecular complexity index is 1300. The van der Waals surface area contributed by atoms with Crippen LogP contribution in [0.2, 0.25) is 0 Å². The van der Waals surface area contributed by atoms with E-state index in [1.54, 1.807) is 6.33 Å². The van der Waals surface area contributed by atoms with E-state index >= 15 is 0 Å². The van der Waals surface area contributed by atoms with Crippen molar-refractivity contribution in [3.8, 4) is 22.8 Å². The molecule has 0 atom stereocenters. The lowest BCUT2D eigenvalue weighted by Crippen LogP contribution is -2.50. The summed E-state index contributed by atoms with van der Waals surface area (Å²) in [7, 11) is 0. The van der Waals surface area contributed by atoms with Crippen molar-refractivity contribution in [1.82, 2.24) is 14.9 Å². The summed E-state index contributed by atoms with van der Waals surface area (Å²) >= 11 is 0. The van der Waals surface area contributed by atoms with Gasteiger partial charge in [0.1, 0.15) is 23.6 Å². The van der Waals surface area contributed by atoms with Gasteiger partial charge in [0, 0.05) is 37.8 Å². The zero-order chi connectivity index (χ0) is 24.0. The van der Waals surface area contributed by atoms with Crippen LogP contribution < -0.4 is 14.4 Å². The normalized spacial score (nSPS) is 13.6. The monoisotopic (exact) mass is 468 g/mol. The first-order chi connectivity index (χ1) is 17.2. The van der Waals surface area contributed by atoms with Crippen LogP contribution in [0.15, 0.2) is 79.1 Å². The molecule has 1 aliphatic rings. The minimum Gasteiger partial charge on any atom is -0.494 e. The van der Waals surface area contributed by atoms with Crippen molar-refractivity contribution >= 4 is 22.5 Å². The van der Waals surface area contributed by atoms with E-state index in [1.165, 1.54) is 0 Å². The number of aromatic nitrogens is 2. The van der Waals surface area contributed by atoms with E-state index in [-0.39, 0.29) is 12.5 Å². The third-order valence-corrected chi connectivity index (χ3v) is 6.15. The number of nitrogens with zero attached hydrogens (tertiary/aromatic N) is 4. The molecule has 178 valence electrons. The maximum absolute atomic E-state index is 12.7. The number of hydrogen-bond acceptors (Lipinski definition) is 6. The van der Waals surface area contributed by atoms with Crippen molar-refractivity contribution in [3.05, 3.63) is 79.1 Å². The number of rotatable bonds is 7.